The van der Waals surface area contributed by atoms with Crippen LogP contribution in [0.5, 0.6) is 0 Å². The van der Waals surface area contributed by atoms with Crippen LogP contribution in [-0.2, 0) is 12.7 Å². The minimum atomic E-state index is -4.39. The third-order valence-electron chi connectivity index (χ3n) is 7.03. The van der Waals surface area contributed by atoms with E-state index in [1.807, 2.05) is 30.2 Å². The molecule has 0 saturated carbocycles. The van der Waals surface area contributed by atoms with E-state index >= 15 is 0 Å². The average molecular weight is 556 g/mol. The lowest BCUT2D eigenvalue weighted by Crippen LogP contribution is -2.49. The Bertz CT molecular complexity index is 1470. The molecule has 0 N–H and O–H groups in total. The van der Waals surface area contributed by atoms with Gasteiger partial charge in [-0.05, 0) is 60.5 Å². The summed E-state index contributed by atoms with van der Waals surface area (Å²) in [4.78, 5) is 17.7. The van der Waals surface area contributed by atoms with Crippen molar-refractivity contribution >= 4 is 23.2 Å². The Morgan fingerprint density at radius 1 is 0.897 bits per heavy atom. The highest BCUT2D eigenvalue weighted by Gasteiger charge is 2.31. The molecule has 1 fully saturated rings. The Kier molecular flexibility index (Phi) is 7.40. The number of amides is 1. The average Bonchev–Trinajstić information content (AvgIpc) is 3.25. The van der Waals surface area contributed by atoms with Gasteiger partial charge in [-0.15, -0.1) is 0 Å². The first-order valence-corrected chi connectivity index (χ1v) is 12.9. The van der Waals surface area contributed by atoms with E-state index in [9.17, 15) is 22.4 Å². The lowest BCUT2D eigenvalue weighted by atomic mass is 10.0. The molecule has 9 heteroatoms. The van der Waals surface area contributed by atoms with Gasteiger partial charge in [-0.2, -0.15) is 13.2 Å². The van der Waals surface area contributed by atoms with Gasteiger partial charge < -0.3 is 14.4 Å². The van der Waals surface area contributed by atoms with Gasteiger partial charge in [0.2, 0.25) is 0 Å². The normalized spacial score (nSPS) is 14.1. The van der Waals surface area contributed by atoms with Gasteiger partial charge in [0.15, 0.2) is 0 Å². The molecular formula is C30H26ClF4N3O. The maximum absolute atomic E-state index is 14.5. The van der Waals surface area contributed by atoms with Gasteiger partial charge in [-0.25, -0.2) is 4.39 Å². The number of aromatic nitrogens is 1. The molecule has 1 aliphatic heterocycles. The van der Waals surface area contributed by atoms with Crippen LogP contribution in [0, 0.1) is 12.7 Å². The molecule has 0 aliphatic carbocycles. The Morgan fingerprint density at radius 2 is 1.54 bits per heavy atom. The van der Waals surface area contributed by atoms with E-state index < -0.39 is 11.7 Å². The monoisotopic (exact) mass is 555 g/mol. The van der Waals surface area contributed by atoms with Gasteiger partial charge in [-0.3, -0.25) is 4.79 Å². The zero-order valence-corrected chi connectivity index (χ0v) is 21.9. The molecule has 0 bridgehead atoms. The number of piperazine rings is 1. The number of rotatable bonds is 5. The Hall–Kier alpha value is -3.78. The summed E-state index contributed by atoms with van der Waals surface area (Å²) < 4.78 is 55.2. The molecule has 1 aromatic heterocycles. The number of nitrogens with zero attached hydrogens (tertiary/aromatic N) is 3. The van der Waals surface area contributed by atoms with Crippen molar-refractivity contribution in [2.45, 2.75) is 19.6 Å². The van der Waals surface area contributed by atoms with Crippen molar-refractivity contribution in [2.75, 3.05) is 31.1 Å². The van der Waals surface area contributed by atoms with Crippen LogP contribution < -0.4 is 4.90 Å². The second-order valence-corrected chi connectivity index (χ2v) is 10.0. The molecule has 0 unspecified atom stereocenters. The summed E-state index contributed by atoms with van der Waals surface area (Å²) in [6.45, 7) is 3.84. The molecular weight excluding hydrogens is 530 g/mol. The number of aryl methyl sites for hydroxylation is 1. The number of hydrogen-bond donors (Lipinski definition) is 0. The highest BCUT2D eigenvalue weighted by atomic mass is 35.5. The second-order valence-electron chi connectivity index (χ2n) is 9.59. The van der Waals surface area contributed by atoms with E-state index in [1.54, 1.807) is 39.8 Å². The smallest absolute Gasteiger partial charge is 0.368 e. The third kappa shape index (κ3) is 5.66. The van der Waals surface area contributed by atoms with Crippen LogP contribution in [0.1, 0.15) is 27.2 Å². The summed E-state index contributed by atoms with van der Waals surface area (Å²) in [5, 5.41) is 0.578. The number of benzene rings is 3. The number of carbonyl (C=O) groups is 1. The van der Waals surface area contributed by atoms with E-state index in [0.717, 1.165) is 28.8 Å². The molecule has 1 saturated heterocycles. The zero-order valence-electron chi connectivity index (χ0n) is 21.2. The number of hydrogen-bond acceptors (Lipinski definition) is 2. The Balaban J connectivity index is 1.42. The lowest BCUT2D eigenvalue weighted by Gasteiger charge is -2.36. The first kappa shape index (κ1) is 26.8. The van der Waals surface area contributed by atoms with Crippen molar-refractivity contribution in [2.24, 2.45) is 0 Å². The molecule has 0 radical (unpaired) electrons. The van der Waals surface area contributed by atoms with Gasteiger partial charge in [0.05, 0.1) is 12.1 Å². The summed E-state index contributed by atoms with van der Waals surface area (Å²) in [6, 6.07) is 18.8. The highest BCUT2D eigenvalue weighted by Crippen LogP contribution is 2.33. The molecule has 202 valence electrons. The molecule has 0 spiro atoms. The van der Waals surface area contributed by atoms with Gasteiger partial charge >= 0.3 is 6.18 Å². The molecule has 1 aliphatic rings. The summed E-state index contributed by atoms with van der Waals surface area (Å²) in [5.74, 6) is -0.531. The van der Waals surface area contributed by atoms with Crippen LogP contribution in [0.3, 0.4) is 0 Å². The van der Waals surface area contributed by atoms with Crippen LogP contribution in [-0.4, -0.2) is 41.6 Å². The molecule has 0 atom stereocenters. The maximum atomic E-state index is 14.5. The van der Waals surface area contributed by atoms with Gasteiger partial charge in [-0.1, -0.05) is 41.9 Å². The molecule has 39 heavy (non-hydrogen) atoms. The van der Waals surface area contributed by atoms with E-state index in [0.29, 0.717) is 48.1 Å². The number of alkyl halides is 3. The summed E-state index contributed by atoms with van der Waals surface area (Å²) in [6.07, 6.45) is -2.52. The van der Waals surface area contributed by atoms with E-state index in [4.69, 9.17) is 11.6 Å². The predicted molar refractivity (Wildman–Crippen MR) is 145 cm³/mol. The van der Waals surface area contributed by atoms with Crippen LogP contribution in [0.2, 0.25) is 5.02 Å². The second kappa shape index (κ2) is 10.8. The van der Waals surface area contributed by atoms with Crippen molar-refractivity contribution in [1.82, 2.24) is 9.47 Å². The zero-order chi connectivity index (χ0) is 27.7. The molecule has 5 rings (SSSR count). The first-order chi connectivity index (χ1) is 18.6. The van der Waals surface area contributed by atoms with Gasteiger partial charge in [0.25, 0.3) is 5.91 Å². The topological polar surface area (TPSA) is 28.5 Å². The maximum Gasteiger partial charge on any atom is 0.416 e. The van der Waals surface area contributed by atoms with E-state index in [-0.39, 0.29) is 18.3 Å². The Labute approximate surface area is 229 Å². The summed E-state index contributed by atoms with van der Waals surface area (Å²) in [5.41, 5.74) is 3.38. The van der Waals surface area contributed by atoms with Gasteiger partial charge in [0.1, 0.15) is 11.5 Å². The van der Waals surface area contributed by atoms with Crippen molar-refractivity contribution in [3.63, 3.8) is 0 Å². The van der Waals surface area contributed by atoms with Crippen molar-refractivity contribution in [1.29, 1.82) is 0 Å². The largest absolute Gasteiger partial charge is 0.416 e. The fraction of sp³-hybridized carbons (Fsp3) is 0.233. The minimum Gasteiger partial charge on any atom is -0.368 e. The summed E-state index contributed by atoms with van der Waals surface area (Å²) in [7, 11) is 0. The van der Waals surface area contributed by atoms with Crippen LogP contribution in [0.4, 0.5) is 23.2 Å². The summed E-state index contributed by atoms with van der Waals surface area (Å²) >= 11 is 6.11. The molecule has 3 aromatic carbocycles. The first-order valence-electron chi connectivity index (χ1n) is 12.5. The number of carbonyl (C=O) groups excluding carboxylic acids is 1. The highest BCUT2D eigenvalue weighted by molar-refractivity contribution is 6.30. The standard InChI is InChI=1S/C30H26ClF4N3O/c1-20-18-38(19-22-4-2-3-5-26(22)32)28(27(20)21-6-10-24(31)11-7-21)29(39)37-16-14-36(15-17-37)25-12-8-23(9-13-25)30(33,34)35/h2-13,18H,14-17,19H2,1H3. The van der Waals surface area contributed by atoms with Gasteiger partial charge in [0, 0.05) is 54.2 Å². The third-order valence-corrected chi connectivity index (χ3v) is 7.28. The molecule has 2 heterocycles. The van der Waals surface area contributed by atoms with E-state index in [1.165, 1.54) is 18.2 Å². The fourth-order valence-electron chi connectivity index (χ4n) is 5.02. The van der Waals surface area contributed by atoms with Crippen molar-refractivity contribution < 1.29 is 22.4 Å². The van der Waals surface area contributed by atoms with Crippen molar-refractivity contribution in [3.8, 4) is 11.1 Å². The molecule has 1 amide bonds. The van der Waals surface area contributed by atoms with Crippen LogP contribution in [0.15, 0.2) is 79.0 Å². The lowest BCUT2D eigenvalue weighted by molar-refractivity contribution is -0.137. The SMILES string of the molecule is Cc1cn(Cc2ccccc2F)c(C(=O)N2CCN(c3ccc(C(F)(F)F)cc3)CC2)c1-c1ccc(Cl)cc1. The van der Waals surface area contributed by atoms with E-state index in [2.05, 4.69) is 0 Å². The number of halogens is 5. The van der Waals surface area contributed by atoms with Crippen LogP contribution >= 0.6 is 11.6 Å². The Morgan fingerprint density at radius 3 is 2.15 bits per heavy atom. The van der Waals surface area contributed by atoms with Crippen LogP contribution in [0.25, 0.3) is 11.1 Å². The van der Waals surface area contributed by atoms with Crippen molar-refractivity contribution in [3.05, 3.63) is 112 Å². The fourth-order valence-corrected chi connectivity index (χ4v) is 5.14. The number of anilines is 1. The predicted octanol–water partition coefficient (Wildman–Crippen LogP) is 7.29. The molecule has 4 nitrogen and oxygen atoms in total. The minimum absolute atomic E-state index is 0.184. The molecule has 4 aromatic rings. The quantitative estimate of drug-likeness (QED) is 0.242.